The van der Waals surface area contributed by atoms with Crippen molar-refractivity contribution in [2.24, 2.45) is 5.10 Å². The molecule has 0 saturated heterocycles. The molecule has 27 heavy (non-hydrogen) atoms. The standard InChI is InChI=1S/C19H17N5O3/c25-17(9-8-16-7-4-10-27-16)20-13-18(26)23-21-11-15-12-22-24-19(15)14-5-2-1-3-6-14/h1-12H,13H2,(H,20,25)(H,22,24)(H,23,26)/b9-8?,21-11+. The molecule has 1 aromatic carbocycles. The molecule has 0 aliphatic rings. The monoisotopic (exact) mass is 363 g/mol. The number of furan rings is 1. The second-order valence-corrected chi connectivity index (χ2v) is 5.43. The SMILES string of the molecule is O=C(C=Cc1ccco1)NCC(=O)N/N=C/c1cn[nH]c1-c1ccccc1. The fourth-order valence-corrected chi connectivity index (χ4v) is 2.21. The maximum Gasteiger partial charge on any atom is 0.259 e. The van der Waals surface area contributed by atoms with E-state index in [-0.39, 0.29) is 6.54 Å². The molecular weight excluding hydrogens is 346 g/mol. The summed E-state index contributed by atoms with van der Waals surface area (Å²) in [4.78, 5) is 23.4. The highest BCUT2D eigenvalue weighted by molar-refractivity contribution is 5.94. The van der Waals surface area contributed by atoms with E-state index in [1.54, 1.807) is 18.3 Å². The fourth-order valence-electron chi connectivity index (χ4n) is 2.21. The van der Waals surface area contributed by atoms with Gasteiger partial charge in [-0.15, -0.1) is 0 Å². The summed E-state index contributed by atoms with van der Waals surface area (Å²) in [6, 6.07) is 13.1. The third-order valence-electron chi connectivity index (χ3n) is 3.49. The Morgan fingerprint density at radius 2 is 2.04 bits per heavy atom. The second kappa shape index (κ2) is 8.95. The van der Waals surface area contributed by atoms with Gasteiger partial charge >= 0.3 is 0 Å². The molecular formula is C19H17N5O3. The number of H-pyrrole nitrogens is 1. The van der Waals surface area contributed by atoms with Crippen molar-refractivity contribution in [1.29, 1.82) is 0 Å². The van der Waals surface area contributed by atoms with Gasteiger partial charge in [-0.3, -0.25) is 14.7 Å². The Morgan fingerprint density at radius 1 is 1.19 bits per heavy atom. The summed E-state index contributed by atoms with van der Waals surface area (Å²) in [7, 11) is 0. The molecule has 0 radical (unpaired) electrons. The van der Waals surface area contributed by atoms with Crippen LogP contribution in [0.25, 0.3) is 17.3 Å². The van der Waals surface area contributed by atoms with Crippen LogP contribution >= 0.6 is 0 Å². The minimum atomic E-state index is -0.448. The molecule has 2 heterocycles. The van der Waals surface area contributed by atoms with E-state index < -0.39 is 11.8 Å². The van der Waals surface area contributed by atoms with Gasteiger partial charge in [0.05, 0.1) is 30.9 Å². The number of hydrogen-bond acceptors (Lipinski definition) is 5. The molecule has 3 N–H and O–H groups in total. The number of amides is 2. The molecule has 0 unspecified atom stereocenters. The highest BCUT2D eigenvalue weighted by Crippen LogP contribution is 2.18. The smallest absolute Gasteiger partial charge is 0.259 e. The van der Waals surface area contributed by atoms with Gasteiger partial charge in [-0.2, -0.15) is 10.2 Å². The van der Waals surface area contributed by atoms with Crippen LogP contribution in [-0.4, -0.2) is 34.8 Å². The summed E-state index contributed by atoms with van der Waals surface area (Å²) in [6.45, 7) is -0.199. The molecule has 0 aliphatic carbocycles. The van der Waals surface area contributed by atoms with Crippen molar-refractivity contribution in [3.8, 4) is 11.3 Å². The van der Waals surface area contributed by atoms with E-state index in [0.717, 1.165) is 16.8 Å². The van der Waals surface area contributed by atoms with Gasteiger partial charge in [0.15, 0.2) is 0 Å². The van der Waals surface area contributed by atoms with Gasteiger partial charge in [0.25, 0.3) is 5.91 Å². The molecule has 136 valence electrons. The number of nitrogens with zero attached hydrogens (tertiary/aromatic N) is 2. The number of carbonyl (C=O) groups is 2. The first kappa shape index (κ1) is 17.9. The molecule has 0 atom stereocenters. The van der Waals surface area contributed by atoms with Gasteiger partial charge in [-0.1, -0.05) is 30.3 Å². The zero-order chi connectivity index (χ0) is 18.9. The number of benzene rings is 1. The van der Waals surface area contributed by atoms with Gasteiger partial charge in [-0.25, -0.2) is 5.43 Å². The molecule has 0 saturated carbocycles. The van der Waals surface area contributed by atoms with Crippen LogP contribution in [0.4, 0.5) is 0 Å². The minimum Gasteiger partial charge on any atom is -0.465 e. The van der Waals surface area contributed by atoms with Crippen LogP contribution in [-0.2, 0) is 9.59 Å². The Hall–Kier alpha value is -3.94. The van der Waals surface area contributed by atoms with Crippen molar-refractivity contribution in [2.75, 3.05) is 6.54 Å². The third-order valence-corrected chi connectivity index (χ3v) is 3.49. The molecule has 0 bridgehead atoms. The minimum absolute atomic E-state index is 0.199. The Balaban J connectivity index is 1.47. The van der Waals surface area contributed by atoms with Gasteiger partial charge in [0, 0.05) is 17.2 Å². The maximum atomic E-state index is 11.8. The summed E-state index contributed by atoms with van der Waals surface area (Å²) in [5.74, 6) is -0.309. The van der Waals surface area contributed by atoms with E-state index >= 15 is 0 Å². The first-order valence-electron chi connectivity index (χ1n) is 8.12. The van der Waals surface area contributed by atoms with Crippen LogP contribution in [0.2, 0.25) is 0 Å². The Morgan fingerprint density at radius 3 is 2.81 bits per heavy atom. The van der Waals surface area contributed by atoms with E-state index in [1.807, 2.05) is 30.3 Å². The lowest BCUT2D eigenvalue weighted by molar-refractivity contribution is -0.123. The van der Waals surface area contributed by atoms with Crippen LogP contribution in [0.1, 0.15) is 11.3 Å². The van der Waals surface area contributed by atoms with Crippen LogP contribution in [0.15, 0.2) is 70.5 Å². The highest BCUT2D eigenvalue weighted by atomic mass is 16.3. The summed E-state index contributed by atoms with van der Waals surface area (Å²) < 4.78 is 5.07. The molecule has 8 heteroatoms. The Bertz CT molecular complexity index is 943. The van der Waals surface area contributed by atoms with Crippen molar-refractivity contribution in [3.63, 3.8) is 0 Å². The van der Waals surface area contributed by atoms with E-state index in [0.29, 0.717) is 5.76 Å². The van der Waals surface area contributed by atoms with Gasteiger partial charge in [0.1, 0.15) is 5.76 Å². The van der Waals surface area contributed by atoms with E-state index in [4.69, 9.17) is 4.42 Å². The maximum absolute atomic E-state index is 11.8. The second-order valence-electron chi connectivity index (χ2n) is 5.43. The van der Waals surface area contributed by atoms with Crippen LogP contribution in [0, 0.1) is 0 Å². The van der Waals surface area contributed by atoms with Gasteiger partial charge < -0.3 is 9.73 Å². The van der Waals surface area contributed by atoms with Gasteiger partial charge in [0.2, 0.25) is 5.91 Å². The van der Waals surface area contributed by atoms with Gasteiger partial charge in [-0.05, 0) is 18.2 Å². The van der Waals surface area contributed by atoms with E-state index in [9.17, 15) is 9.59 Å². The number of hydrogen-bond donors (Lipinski definition) is 3. The number of hydrazone groups is 1. The summed E-state index contributed by atoms with van der Waals surface area (Å²) in [5.41, 5.74) is 4.84. The average Bonchev–Trinajstić information content (AvgIpc) is 3.37. The summed E-state index contributed by atoms with van der Waals surface area (Å²) in [5, 5.41) is 13.2. The van der Waals surface area contributed by atoms with Crippen molar-refractivity contribution in [1.82, 2.24) is 20.9 Å². The van der Waals surface area contributed by atoms with Crippen molar-refractivity contribution >= 4 is 24.1 Å². The first-order valence-corrected chi connectivity index (χ1v) is 8.12. The summed E-state index contributed by atoms with van der Waals surface area (Å²) in [6.07, 6.45) is 7.40. The van der Waals surface area contributed by atoms with Crippen molar-refractivity contribution in [2.45, 2.75) is 0 Å². The normalized spacial score (nSPS) is 11.1. The quantitative estimate of drug-likeness (QED) is 0.338. The third kappa shape index (κ3) is 5.27. The lowest BCUT2D eigenvalue weighted by Crippen LogP contribution is -2.34. The largest absolute Gasteiger partial charge is 0.465 e. The highest BCUT2D eigenvalue weighted by Gasteiger charge is 2.06. The predicted octanol–water partition coefficient (Wildman–Crippen LogP) is 1.95. The van der Waals surface area contributed by atoms with Crippen LogP contribution in [0.3, 0.4) is 0 Å². The lowest BCUT2D eigenvalue weighted by Gasteiger charge is -2.01. The average molecular weight is 363 g/mol. The number of aromatic amines is 1. The number of aromatic nitrogens is 2. The molecule has 8 nitrogen and oxygen atoms in total. The van der Waals surface area contributed by atoms with Crippen molar-refractivity contribution in [3.05, 3.63) is 72.3 Å². The zero-order valence-electron chi connectivity index (χ0n) is 14.3. The molecule has 2 amide bonds. The predicted molar refractivity (Wildman–Crippen MR) is 101 cm³/mol. The molecule has 0 aliphatic heterocycles. The summed E-state index contributed by atoms with van der Waals surface area (Å²) >= 11 is 0. The zero-order valence-corrected chi connectivity index (χ0v) is 14.3. The number of nitrogens with one attached hydrogen (secondary N) is 3. The molecule has 0 spiro atoms. The van der Waals surface area contributed by atoms with Crippen molar-refractivity contribution < 1.29 is 14.0 Å². The molecule has 3 rings (SSSR count). The lowest BCUT2D eigenvalue weighted by atomic mass is 10.1. The van der Waals surface area contributed by atoms with E-state index in [1.165, 1.54) is 24.6 Å². The molecule has 0 fully saturated rings. The topological polar surface area (TPSA) is 112 Å². The first-order chi connectivity index (χ1) is 13.2. The molecule has 3 aromatic rings. The number of rotatable bonds is 7. The number of carbonyl (C=O) groups excluding carboxylic acids is 2. The molecule has 2 aromatic heterocycles. The fraction of sp³-hybridized carbons (Fsp3) is 0.0526. The van der Waals surface area contributed by atoms with Crippen LogP contribution in [0.5, 0.6) is 0 Å². The van der Waals surface area contributed by atoms with E-state index in [2.05, 4.69) is 26.0 Å². The Kier molecular flexibility index (Phi) is 5.92. The Labute approximate surface area is 155 Å². The van der Waals surface area contributed by atoms with Crippen LogP contribution < -0.4 is 10.7 Å².